The van der Waals surface area contributed by atoms with Crippen molar-refractivity contribution in [2.45, 2.75) is 150 Å². The molecule has 2 saturated carbocycles. The van der Waals surface area contributed by atoms with Crippen LogP contribution in [0.15, 0.2) is 12.7 Å². The average Bonchev–Trinajstić information content (AvgIpc) is 3.71. The van der Waals surface area contributed by atoms with E-state index in [1.807, 2.05) is 41.5 Å². The van der Waals surface area contributed by atoms with Crippen molar-refractivity contribution in [1.82, 2.24) is 26.2 Å². The molecule has 3 fully saturated rings. The molecule has 1 saturated heterocycles. The van der Waals surface area contributed by atoms with Crippen LogP contribution in [0.25, 0.3) is 0 Å². The molecule has 4 N–H and O–H groups in total. The number of ketones is 1. The van der Waals surface area contributed by atoms with Crippen LogP contribution < -0.4 is 21.3 Å². The van der Waals surface area contributed by atoms with Crippen molar-refractivity contribution in [3.05, 3.63) is 12.7 Å². The van der Waals surface area contributed by atoms with Crippen LogP contribution >= 0.6 is 0 Å². The maximum absolute atomic E-state index is 14.6. The number of hydrogen-bond acceptors (Lipinski definition) is 7. The fraction of sp³-hybridized carbons (Fsp3) is 0.789. The number of likely N-dealkylation sites (tertiary alicyclic amines) is 1. The SMILES string of the molecule is C=CCNC(=O)C(=O)C(CC1CC1)NC(=O)[C@@H]1[C@@H](C(C)C)CCN1C(=O)C(NC(=O)[C@@H](NC(=O)OC(C)(C)C)C1(C)CCCCC1)C(C)(C)C. The third kappa shape index (κ3) is 11.0. The van der Waals surface area contributed by atoms with Crippen molar-refractivity contribution >= 4 is 35.5 Å². The van der Waals surface area contributed by atoms with Crippen LogP contribution in [0.1, 0.15) is 120 Å². The molecule has 12 heteroatoms. The van der Waals surface area contributed by atoms with Crippen molar-refractivity contribution in [3.63, 3.8) is 0 Å². The maximum atomic E-state index is 14.6. The zero-order chi connectivity index (χ0) is 37.6. The number of nitrogens with zero attached hydrogens (tertiary/aromatic N) is 1. The van der Waals surface area contributed by atoms with Crippen molar-refractivity contribution in [2.75, 3.05) is 13.1 Å². The Balaban J connectivity index is 1.90. The minimum atomic E-state index is -1.03. The highest BCUT2D eigenvalue weighted by molar-refractivity contribution is 6.38. The molecule has 0 aromatic heterocycles. The largest absolute Gasteiger partial charge is 0.444 e. The molecule has 0 radical (unpaired) electrons. The van der Waals surface area contributed by atoms with E-state index < -0.39 is 76.1 Å². The summed E-state index contributed by atoms with van der Waals surface area (Å²) in [6.45, 7) is 20.8. The molecule has 5 atom stereocenters. The van der Waals surface area contributed by atoms with E-state index in [-0.39, 0.29) is 24.3 Å². The van der Waals surface area contributed by atoms with Gasteiger partial charge in [0.2, 0.25) is 23.5 Å². The summed E-state index contributed by atoms with van der Waals surface area (Å²) in [5.41, 5.74) is -2.08. The van der Waals surface area contributed by atoms with Crippen LogP contribution in [0.5, 0.6) is 0 Å². The van der Waals surface area contributed by atoms with E-state index in [2.05, 4.69) is 27.8 Å². The number of Topliss-reactive ketones (excluding diaryl/α,β-unsaturated/α-hetero) is 1. The lowest BCUT2D eigenvalue weighted by molar-refractivity contribution is -0.146. The molecule has 0 bridgehead atoms. The molecule has 50 heavy (non-hydrogen) atoms. The Kier molecular flexibility index (Phi) is 13.7. The second-order valence-corrected chi connectivity index (χ2v) is 17.4. The number of amides is 5. The molecule has 1 aliphatic heterocycles. The Hall–Kier alpha value is -3.44. The third-order valence-corrected chi connectivity index (χ3v) is 10.4. The number of rotatable bonds is 14. The van der Waals surface area contributed by atoms with E-state index in [0.717, 1.165) is 44.9 Å². The van der Waals surface area contributed by atoms with Gasteiger partial charge < -0.3 is 30.9 Å². The quantitative estimate of drug-likeness (QED) is 0.154. The second-order valence-electron chi connectivity index (χ2n) is 17.4. The van der Waals surface area contributed by atoms with Crippen molar-refractivity contribution in [1.29, 1.82) is 0 Å². The van der Waals surface area contributed by atoms with E-state index in [4.69, 9.17) is 4.74 Å². The summed E-state index contributed by atoms with van der Waals surface area (Å²) >= 11 is 0. The maximum Gasteiger partial charge on any atom is 0.408 e. The van der Waals surface area contributed by atoms with Gasteiger partial charge in [0.15, 0.2) is 0 Å². The molecular weight excluding hydrogens is 638 g/mol. The summed E-state index contributed by atoms with van der Waals surface area (Å²) in [5, 5.41) is 11.2. The first-order valence-electron chi connectivity index (χ1n) is 18.5. The zero-order valence-electron chi connectivity index (χ0n) is 31.9. The van der Waals surface area contributed by atoms with Gasteiger partial charge in [-0.3, -0.25) is 24.0 Å². The van der Waals surface area contributed by atoms with Gasteiger partial charge in [-0.15, -0.1) is 6.58 Å². The first-order chi connectivity index (χ1) is 23.2. The monoisotopic (exact) mass is 701 g/mol. The van der Waals surface area contributed by atoms with Crippen LogP contribution in [0.4, 0.5) is 4.79 Å². The normalized spacial score (nSPS) is 22.5. The molecule has 0 spiro atoms. The minimum Gasteiger partial charge on any atom is -0.444 e. The van der Waals surface area contributed by atoms with Gasteiger partial charge in [0.05, 0.1) is 6.04 Å². The summed E-state index contributed by atoms with van der Waals surface area (Å²) in [6.07, 6.45) is 7.87. The van der Waals surface area contributed by atoms with Gasteiger partial charge in [0, 0.05) is 13.1 Å². The topological polar surface area (TPSA) is 163 Å². The Labute approximate surface area is 299 Å². The van der Waals surface area contributed by atoms with E-state index in [9.17, 15) is 28.8 Å². The Morgan fingerprint density at radius 2 is 1.54 bits per heavy atom. The van der Waals surface area contributed by atoms with Gasteiger partial charge in [-0.25, -0.2) is 4.79 Å². The Bertz CT molecular complexity index is 1270. The second kappa shape index (κ2) is 16.7. The Morgan fingerprint density at radius 1 is 0.920 bits per heavy atom. The molecule has 2 unspecified atom stereocenters. The minimum absolute atomic E-state index is 0.0355. The summed E-state index contributed by atoms with van der Waals surface area (Å²) < 4.78 is 5.54. The molecule has 1 heterocycles. The third-order valence-electron chi connectivity index (χ3n) is 10.4. The van der Waals surface area contributed by atoms with Gasteiger partial charge in [0.1, 0.15) is 23.7 Å². The van der Waals surface area contributed by atoms with Crippen LogP contribution in [-0.4, -0.2) is 83.3 Å². The predicted molar refractivity (Wildman–Crippen MR) is 192 cm³/mol. The standard InChI is InChI=1S/C38H63N5O7/c1-11-20-39-32(46)28(44)26(22-24-15-16-24)40-31(45)27-25(23(2)3)17-21-43(27)34(48)30(36(4,5)6)41-33(47)29(38(10)18-13-12-14-19-38)42-35(49)50-37(7,8)9/h11,23-27,29-30H,1,12-22H2,2-10H3,(H,39,46)(H,40,45)(H,41,47)(H,42,49)/t25-,26?,27+,29-,30?/m1/s1. The smallest absolute Gasteiger partial charge is 0.408 e. The van der Waals surface area contributed by atoms with Gasteiger partial charge in [-0.2, -0.15) is 0 Å². The van der Waals surface area contributed by atoms with Crippen LogP contribution in [0.3, 0.4) is 0 Å². The molecule has 3 rings (SSSR count). The van der Waals surface area contributed by atoms with Crippen LogP contribution in [0.2, 0.25) is 0 Å². The Morgan fingerprint density at radius 3 is 2.06 bits per heavy atom. The van der Waals surface area contributed by atoms with E-state index >= 15 is 0 Å². The molecule has 3 aliphatic rings. The van der Waals surface area contributed by atoms with Crippen LogP contribution in [0, 0.1) is 28.6 Å². The first kappa shape index (κ1) is 41.0. The lowest BCUT2D eigenvalue weighted by Crippen LogP contribution is -2.63. The van der Waals surface area contributed by atoms with Crippen molar-refractivity contribution in [2.24, 2.45) is 28.6 Å². The summed E-state index contributed by atoms with van der Waals surface area (Å²) in [6, 6.07) is -3.89. The van der Waals surface area contributed by atoms with Gasteiger partial charge in [0.25, 0.3) is 5.91 Å². The average molecular weight is 702 g/mol. The van der Waals surface area contributed by atoms with E-state index in [1.165, 1.54) is 11.0 Å². The molecule has 5 amide bonds. The highest BCUT2D eigenvalue weighted by Crippen LogP contribution is 2.40. The number of hydrogen-bond donors (Lipinski definition) is 4. The highest BCUT2D eigenvalue weighted by Gasteiger charge is 2.49. The van der Waals surface area contributed by atoms with Crippen LogP contribution in [-0.2, 0) is 28.7 Å². The number of carbonyl (C=O) groups is 6. The summed E-state index contributed by atoms with van der Waals surface area (Å²) in [4.78, 5) is 83.4. The molecule has 2 aliphatic carbocycles. The zero-order valence-corrected chi connectivity index (χ0v) is 31.9. The molecule has 12 nitrogen and oxygen atoms in total. The predicted octanol–water partition coefficient (Wildman–Crippen LogP) is 4.41. The van der Waals surface area contributed by atoms with Gasteiger partial charge in [-0.1, -0.05) is 79.7 Å². The molecule has 282 valence electrons. The van der Waals surface area contributed by atoms with Crippen molar-refractivity contribution < 1.29 is 33.5 Å². The van der Waals surface area contributed by atoms with Gasteiger partial charge in [-0.05, 0) is 75.0 Å². The number of carbonyl (C=O) groups excluding carboxylic acids is 6. The number of ether oxygens (including phenoxy) is 1. The highest BCUT2D eigenvalue weighted by atomic mass is 16.6. The number of alkyl carbamates (subject to hydrolysis) is 1. The number of nitrogens with one attached hydrogen (secondary N) is 4. The molecule has 0 aromatic carbocycles. The lowest BCUT2D eigenvalue weighted by Gasteiger charge is -2.42. The molecular formula is C38H63N5O7. The lowest BCUT2D eigenvalue weighted by atomic mass is 9.70. The fourth-order valence-electron chi connectivity index (χ4n) is 7.35. The summed E-state index contributed by atoms with van der Waals surface area (Å²) in [7, 11) is 0. The van der Waals surface area contributed by atoms with Crippen molar-refractivity contribution in [3.8, 4) is 0 Å². The fourth-order valence-corrected chi connectivity index (χ4v) is 7.35. The summed E-state index contributed by atoms with van der Waals surface area (Å²) in [5.74, 6) is -2.80. The first-order valence-corrected chi connectivity index (χ1v) is 18.5. The van der Waals surface area contributed by atoms with Gasteiger partial charge >= 0.3 is 6.09 Å². The van der Waals surface area contributed by atoms with E-state index in [1.54, 1.807) is 20.8 Å². The molecule has 0 aromatic rings. The van der Waals surface area contributed by atoms with E-state index in [0.29, 0.717) is 19.4 Å².